The minimum Gasteiger partial charge on any atom is -0.346 e. The fourth-order valence-corrected chi connectivity index (χ4v) is 2.33. The summed E-state index contributed by atoms with van der Waals surface area (Å²) >= 11 is 0. The first-order valence-corrected chi connectivity index (χ1v) is 8.97. The number of nitro benzene ring substituents is 1. The van der Waals surface area contributed by atoms with Crippen LogP contribution in [0.25, 0.3) is 6.08 Å². The third kappa shape index (κ3) is 7.06. The summed E-state index contributed by atoms with van der Waals surface area (Å²) in [6.07, 6.45) is 4.99. The van der Waals surface area contributed by atoms with Crippen LogP contribution in [0.15, 0.2) is 72.4 Å². The van der Waals surface area contributed by atoms with Crippen molar-refractivity contribution in [1.82, 2.24) is 10.6 Å². The summed E-state index contributed by atoms with van der Waals surface area (Å²) in [5, 5.41) is 16.1. The molecule has 2 aromatic rings. The second kappa shape index (κ2) is 9.45. The Morgan fingerprint density at radius 3 is 2.17 bits per heavy atom. The molecule has 29 heavy (non-hydrogen) atoms. The zero-order valence-electron chi connectivity index (χ0n) is 16.5. The number of hydrogen-bond acceptors (Lipinski definition) is 4. The zero-order chi connectivity index (χ0) is 21.4. The SMILES string of the molecule is CC(C)(C)NC(=O)/C(=C/C=C/c1ccccc1)NC(=O)c1ccc([N+](=O)[O-])cc1. The highest BCUT2D eigenvalue weighted by Gasteiger charge is 2.19. The number of non-ortho nitro benzene ring substituents is 1. The zero-order valence-corrected chi connectivity index (χ0v) is 16.5. The van der Waals surface area contributed by atoms with Gasteiger partial charge in [-0.2, -0.15) is 0 Å². The molecule has 0 heterocycles. The Morgan fingerprint density at radius 1 is 1.00 bits per heavy atom. The number of nitrogens with one attached hydrogen (secondary N) is 2. The predicted molar refractivity (Wildman–Crippen MR) is 112 cm³/mol. The number of carbonyl (C=O) groups excluding carboxylic acids is 2. The van der Waals surface area contributed by atoms with Crippen molar-refractivity contribution in [2.45, 2.75) is 26.3 Å². The first-order chi connectivity index (χ1) is 13.7. The van der Waals surface area contributed by atoms with Crippen molar-refractivity contribution in [3.05, 3.63) is 93.7 Å². The molecule has 7 nitrogen and oxygen atoms in total. The van der Waals surface area contributed by atoms with Crippen molar-refractivity contribution < 1.29 is 14.5 Å². The van der Waals surface area contributed by atoms with Gasteiger partial charge in [0.25, 0.3) is 17.5 Å². The van der Waals surface area contributed by atoms with E-state index in [0.29, 0.717) is 0 Å². The van der Waals surface area contributed by atoms with Gasteiger partial charge in [0.05, 0.1) is 4.92 Å². The standard InChI is InChI=1S/C22H23N3O4/c1-22(2,3)24-21(27)19(11-7-10-16-8-5-4-6-9-16)23-20(26)17-12-14-18(15-13-17)25(28)29/h4-15H,1-3H3,(H,23,26)(H,24,27)/b10-7+,19-11-. The molecular formula is C22H23N3O4. The lowest BCUT2D eigenvalue weighted by molar-refractivity contribution is -0.384. The highest BCUT2D eigenvalue weighted by atomic mass is 16.6. The lowest BCUT2D eigenvalue weighted by Crippen LogP contribution is -2.44. The molecule has 2 rings (SSSR count). The van der Waals surface area contributed by atoms with Gasteiger partial charge in [-0.25, -0.2) is 0 Å². The van der Waals surface area contributed by atoms with Crippen molar-refractivity contribution in [2.24, 2.45) is 0 Å². The van der Waals surface area contributed by atoms with Crippen LogP contribution >= 0.6 is 0 Å². The fraction of sp³-hybridized carbons (Fsp3) is 0.182. The topological polar surface area (TPSA) is 101 Å². The first-order valence-electron chi connectivity index (χ1n) is 8.97. The minimum absolute atomic E-state index is 0.0652. The largest absolute Gasteiger partial charge is 0.346 e. The third-order valence-corrected chi connectivity index (χ3v) is 3.67. The van der Waals surface area contributed by atoms with Gasteiger partial charge in [-0.3, -0.25) is 19.7 Å². The van der Waals surface area contributed by atoms with Crippen LogP contribution in [-0.4, -0.2) is 22.3 Å². The van der Waals surface area contributed by atoms with Crippen molar-refractivity contribution in [3.63, 3.8) is 0 Å². The molecule has 7 heteroatoms. The first kappa shape index (κ1) is 21.6. The van der Waals surface area contributed by atoms with E-state index in [1.54, 1.807) is 6.08 Å². The van der Waals surface area contributed by atoms with Gasteiger partial charge >= 0.3 is 0 Å². The molecule has 0 bridgehead atoms. The summed E-state index contributed by atoms with van der Waals surface area (Å²) in [5.41, 5.74) is 0.611. The van der Waals surface area contributed by atoms with Gasteiger partial charge in [0, 0.05) is 23.2 Å². The monoisotopic (exact) mass is 393 g/mol. The second-order valence-electron chi connectivity index (χ2n) is 7.31. The van der Waals surface area contributed by atoms with E-state index >= 15 is 0 Å². The predicted octanol–water partition coefficient (Wildman–Crippen LogP) is 3.84. The molecule has 0 aliphatic heterocycles. The average Bonchev–Trinajstić information content (AvgIpc) is 2.66. The van der Waals surface area contributed by atoms with E-state index in [2.05, 4.69) is 10.6 Å². The minimum atomic E-state index is -0.543. The second-order valence-corrected chi connectivity index (χ2v) is 7.31. The van der Waals surface area contributed by atoms with E-state index in [9.17, 15) is 19.7 Å². The van der Waals surface area contributed by atoms with Crippen molar-refractivity contribution >= 4 is 23.6 Å². The average molecular weight is 393 g/mol. The molecule has 150 valence electrons. The Kier molecular flexibility index (Phi) is 7.03. The fourth-order valence-electron chi connectivity index (χ4n) is 2.33. The van der Waals surface area contributed by atoms with Gasteiger partial charge in [0.15, 0.2) is 0 Å². The molecule has 0 radical (unpaired) electrons. The summed E-state index contributed by atoms with van der Waals surface area (Å²) in [6, 6.07) is 14.7. The number of carbonyl (C=O) groups is 2. The highest BCUT2D eigenvalue weighted by molar-refractivity contribution is 6.03. The van der Waals surface area contributed by atoms with Crippen LogP contribution in [-0.2, 0) is 4.79 Å². The smallest absolute Gasteiger partial charge is 0.269 e. The molecule has 0 fully saturated rings. The van der Waals surface area contributed by atoms with Gasteiger partial charge < -0.3 is 10.6 Å². The van der Waals surface area contributed by atoms with Crippen LogP contribution < -0.4 is 10.6 Å². The lowest BCUT2D eigenvalue weighted by atomic mass is 10.1. The van der Waals surface area contributed by atoms with Crippen LogP contribution in [0.5, 0.6) is 0 Å². The molecule has 0 saturated carbocycles. The summed E-state index contributed by atoms with van der Waals surface area (Å²) in [4.78, 5) is 35.3. The number of allylic oxidation sites excluding steroid dienone is 2. The molecule has 0 aliphatic carbocycles. The van der Waals surface area contributed by atoms with E-state index in [1.165, 1.54) is 30.3 Å². The molecule has 0 aromatic heterocycles. The Morgan fingerprint density at radius 2 is 1.62 bits per heavy atom. The number of hydrogen-bond donors (Lipinski definition) is 2. The van der Waals surface area contributed by atoms with Gasteiger partial charge in [-0.15, -0.1) is 0 Å². The Hall–Kier alpha value is -3.74. The quantitative estimate of drug-likeness (QED) is 0.337. The summed E-state index contributed by atoms with van der Waals surface area (Å²) in [7, 11) is 0. The molecule has 0 aliphatic rings. The normalized spacial score (nSPS) is 11.9. The van der Waals surface area contributed by atoms with Crippen LogP contribution in [0.4, 0.5) is 5.69 Å². The molecule has 2 N–H and O–H groups in total. The van der Waals surface area contributed by atoms with Gasteiger partial charge in [-0.1, -0.05) is 42.5 Å². The summed E-state index contributed by atoms with van der Waals surface area (Å²) in [6.45, 7) is 5.50. The van der Waals surface area contributed by atoms with E-state index in [4.69, 9.17) is 0 Å². The van der Waals surface area contributed by atoms with Crippen molar-refractivity contribution in [1.29, 1.82) is 0 Å². The molecule has 2 aromatic carbocycles. The van der Waals surface area contributed by atoms with Crippen LogP contribution in [0, 0.1) is 10.1 Å². The van der Waals surface area contributed by atoms with Crippen LogP contribution in [0.3, 0.4) is 0 Å². The maximum atomic E-state index is 12.6. The Bertz CT molecular complexity index is 940. The van der Waals surface area contributed by atoms with E-state index in [-0.39, 0.29) is 16.9 Å². The Balaban J connectivity index is 2.22. The molecule has 2 amide bonds. The van der Waals surface area contributed by atoms with Gasteiger partial charge in [-0.05, 0) is 44.5 Å². The molecule has 0 atom stereocenters. The van der Waals surface area contributed by atoms with Crippen LogP contribution in [0.2, 0.25) is 0 Å². The molecule has 0 spiro atoms. The highest BCUT2D eigenvalue weighted by Crippen LogP contribution is 2.12. The number of nitrogens with zero attached hydrogens (tertiary/aromatic N) is 1. The molecule has 0 unspecified atom stereocenters. The maximum absolute atomic E-state index is 12.6. The van der Waals surface area contributed by atoms with E-state index < -0.39 is 22.3 Å². The molecule has 0 saturated heterocycles. The molecular weight excluding hydrogens is 370 g/mol. The van der Waals surface area contributed by atoms with E-state index in [0.717, 1.165) is 5.56 Å². The third-order valence-electron chi connectivity index (χ3n) is 3.67. The van der Waals surface area contributed by atoms with Gasteiger partial charge in [0.1, 0.15) is 5.70 Å². The Labute approximate surface area is 169 Å². The number of rotatable bonds is 6. The summed E-state index contributed by atoms with van der Waals surface area (Å²) in [5.74, 6) is -0.978. The van der Waals surface area contributed by atoms with Crippen LogP contribution in [0.1, 0.15) is 36.7 Å². The number of nitro groups is 1. The number of benzene rings is 2. The van der Waals surface area contributed by atoms with E-state index in [1.807, 2.05) is 57.2 Å². The summed E-state index contributed by atoms with van der Waals surface area (Å²) < 4.78 is 0. The number of amides is 2. The van der Waals surface area contributed by atoms with Crippen molar-refractivity contribution in [3.8, 4) is 0 Å². The van der Waals surface area contributed by atoms with Crippen molar-refractivity contribution in [2.75, 3.05) is 0 Å². The lowest BCUT2D eigenvalue weighted by Gasteiger charge is -2.21. The maximum Gasteiger partial charge on any atom is 0.269 e. The van der Waals surface area contributed by atoms with Gasteiger partial charge in [0.2, 0.25) is 0 Å².